The lowest BCUT2D eigenvalue weighted by molar-refractivity contribution is -0.126. The van der Waals surface area contributed by atoms with Crippen molar-refractivity contribution in [3.63, 3.8) is 0 Å². The van der Waals surface area contributed by atoms with Crippen molar-refractivity contribution in [1.29, 1.82) is 0 Å². The van der Waals surface area contributed by atoms with Crippen LogP contribution in [0.5, 0.6) is 0 Å². The summed E-state index contributed by atoms with van der Waals surface area (Å²) in [4.78, 5) is 41.3. The summed E-state index contributed by atoms with van der Waals surface area (Å²) in [5, 5.41) is 21.8. The molecule has 748 valence electrons. The maximum absolute atomic E-state index is 12.5. The first-order valence-electron chi connectivity index (χ1n) is 46.0. The van der Waals surface area contributed by atoms with Gasteiger partial charge in [0.2, 0.25) is 17.7 Å². The number of azo groups is 1. The normalized spacial score (nSPS) is 12.5. The molecule has 1 aliphatic heterocycles. The molecule has 4 rings (SSSR count). The molecule has 0 unspecified atom stereocenters. The zero-order chi connectivity index (χ0) is 92.1. The van der Waals surface area contributed by atoms with Gasteiger partial charge in [0, 0.05) is 82.5 Å². The highest BCUT2D eigenvalue weighted by atomic mass is 35.5. The first-order chi connectivity index (χ1) is 64.3. The van der Waals surface area contributed by atoms with Gasteiger partial charge in [0.25, 0.3) is 0 Å². The van der Waals surface area contributed by atoms with E-state index in [1.165, 1.54) is 0 Å². The molecule has 0 aromatic heterocycles. The van der Waals surface area contributed by atoms with Crippen LogP contribution < -0.4 is 26.2 Å². The number of carbonyl (C=O) groups is 3. The van der Waals surface area contributed by atoms with E-state index in [1.54, 1.807) is 12.1 Å². The first kappa shape index (κ1) is 117. The average molecular weight is 1920 g/mol. The van der Waals surface area contributed by atoms with Gasteiger partial charge in [0.1, 0.15) is 0 Å². The van der Waals surface area contributed by atoms with Crippen molar-refractivity contribution < 1.29 is 138 Å². The minimum absolute atomic E-state index is 0.104. The Bertz CT molecular complexity index is 3040. The second kappa shape index (κ2) is 91.8. The topological polar surface area (TPSA) is 371 Å². The number of amides is 3. The molecule has 1 saturated heterocycles. The van der Waals surface area contributed by atoms with Crippen molar-refractivity contribution in [1.82, 2.24) is 15.5 Å². The largest absolute Gasteiger partial charge is 0.385 e. The van der Waals surface area contributed by atoms with Crippen LogP contribution in [-0.2, 0) is 138 Å². The van der Waals surface area contributed by atoms with E-state index in [-0.39, 0.29) is 43.6 Å². The highest BCUT2D eigenvalue weighted by molar-refractivity contribution is 6.43. The number of alkyl halides is 1. The van der Waals surface area contributed by atoms with Crippen LogP contribution in [0.3, 0.4) is 0 Å². The summed E-state index contributed by atoms with van der Waals surface area (Å²) < 4.78 is 144. The Balaban J connectivity index is 0.707. The van der Waals surface area contributed by atoms with E-state index in [0.29, 0.717) is 377 Å². The minimum atomic E-state index is -0.207. The number of anilines is 3. The molecule has 37 nitrogen and oxygen atoms in total. The molecule has 0 atom stereocenters. The average Bonchev–Trinajstić information content (AvgIpc) is 0.831. The maximum Gasteiger partial charge on any atom is 0.226 e. The van der Waals surface area contributed by atoms with Crippen LogP contribution in [0, 0.1) is 0 Å². The minimum Gasteiger partial charge on any atom is -0.385 e. The Morgan fingerprint density at radius 1 is 0.277 bits per heavy atom. The van der Waals surface area contributed by atoms with Gasteiger partial charge in [-0.05, 0) is 86.5 Å². The standard InChI is InChI=1S/C90H153Cl3N8O29/c91-20-3-1-2-4-29-105-33-35-107-31-22-95-87(102)17-18-88(103)96-23-32-108-36-38-110-40-42-112-44-46-114-48-50-116-52-54-118-56-58-120-60-62-122-64-66-124-68-70-126-72-74-128-76-78-130-80-79-129-77-75-127-73-71-125-69-67-123-65-63-121-61-59-119-57-55-117-53-51-115-49-47-113-45-43-111-41-39-109-37-34-106-30-19-89(104)97-82-11-15-84(16-12-82)99-98-83-13-9-81(10-14-83)94-21-6-24-100-25-27-101(28-26-100)86-8-5-7-85(92)90(86)93/h5,7-16,94H,1-4,6,17-80H2,(H,95,102)(H,96,103)(H,97,104). The fourth-order valence-electron chi connectivity index (χ4n) is 11.3. The Hall–Kier alpha value is -4.94. The predicted octanol–water partition coefficient (Wildman–Crippen LogP) is 8.60. The number of nitrogens with one attached hydrogen (secondary N) is 4. The fraction of sp³-hybridized carbons (Fsp3) is 0.767. The number of nitrogens with zero attached hydrogens (tertiary/aromatic N) is 4. The molecule has 1 heterocycles. The third-order valence-corrected chi connectivity index (χ3v) is 19.3. The Kier molecular flexibility index (Phi) is 82.9. The lowest BCUT2D eigenvalue weighted by atomic mass is 10.2. The monoisotopic (exact) mass is 1910 g/mol. The Labute approximate surface area is 785 Å². The van der Waals surface area contributed by atoms with Gasteiger partial charge < -0.3 is 149 Å². The number of hydrogen-bond acceptors (Lipinski definition) is 34. The molecule has 0 aliphatic carbocycles. The summed E-state index contributed by atoms with van der Waals surface area (Å²) >= 11 is 18.3. The van der Waals surface area contributed by atoms with Gasteiger partial charge in [0.15, 0.2) is 0 Å². The second-order valence-corrected chi connectivity index (χ2v) is 29.7. The van der Waals surface area contributed by atoms with Crippen LogP contribution in [0.2, 0.25) is 10.0 Å². The maximum atomic E-state index is 12.5. The summed E-state index contributed by atoms with van der Waals surface area (Å²) in [7, 11) is 0. The summed E-state index contributed by atoms with van der Waals surface area (Å²) in [6.07, 6.45) is 5.76. The molecule has 0 bridgehead atoms. The van der Waals surface area contributed by atoms with Gasteiger partial charge in [-0.25, -0.2) is 0 Å². The van der Waals surface area contributed by atoms with Gasteiger partial charge in [-0.3, -0.25) is 19.3 Å². The van der Waals surface area contributed by atoms with Crippen LogP contribution in [0.25, 0.3) is 0 Å². The van der Waals surface area contributed by atoms with Crippen LogP contribution in [-0.4, -0.2) is 424 Å². The summed E-state index contributed by atoms with van der Waals surface area (Å²) in [5.41, 5.74) is 4.12. The molecule has 3 aromatic carbocycles. The summed E-state index contributed by atoms with van der Waals surface area (Å²) in [5.74, 6) is 0.154. The molecular weight excluding hydrogens is 1760 g/mol. The smallest absolute Gasteiger partial charge is 0.226 e. The van der Waals surface area contributed by atoms with Crippen molar-refractivity contribution in [3.05, 3.63) is 76.8 Å². The van der Waals surface area contributed by atoms with Gasteiger partial charge in [-0.2, -0.15) is 10.2 Å². The molecule has 130 heavy (non-hydrogen) atoms. The molecular formula is C90H153Cl3N8O29. The Morgan fingerprint density at radius 3 is 0.862 bits per heavy atom. The third-order valence-electron chi connectivity index (χ3n) is 18.2. The molecule has 3 aromatic rings. The lowest BCUT2D eigenvalue weighted by Gasteiger charge is -2.36. The van der Waals surface area contributed by atoms with Crippen LogP contribution in [0.15, 0.2) is 77.0 Å². The van der Waals surface area contributed by atoms with Crippen molar-refractivity contribution in [2.75, 3.05) is 417 Å². The third kappa shape index (κ3) is 75.3. The lowest BCUT2D eigenvalue weighted by Crippen LogP contribution is -2.47. The van der Waals surface area contributed by atoms with Gasteiger partial charge in [0.05, 0.1) is 370 Å². The molecule has 0 radical (unpaired) electrons. The fourth-order valence-corrected chi connectivity index (χ4v) is 11.9. The number of benzene rings is 3. The molecule has 40 heteroatoms. The van der Waals surface area contributed by atoms with Crippen LogP contribution in [0.4, 0.5) is 28.4 Å². The zero-order valence-electron chi connectivity index (χ0n) is 76.9. The first-order valence-corrected chi connectivity index (χ1v) is 47.3. The molecule has 3 amide bonds. The molecule has 0 saturated carbocycles. The van der Waals surface area contributed by atoms with Crippen LogP contribution >= 0.6 is 34.8 Å². The van der Waals surface area contributed by atoms with E-state index in [0.717, 1.165) is 88.4 Å². The quantitative estimate of drug-likeness (QED) is 0.0233. The SMILES string of the molecule is O=C(CCC(=O)NCCOCCOCCOCCOCCOCCOCCOCCOCCOCCOCCOCCOCCOCCOCCOCCOCCOCCOCCOCCOCCOCCOCCOCCOCCC(=O)Nc1ccc(N=Nc2ccc(NCCCN3CCN(c4cccc(Cl)c4Cl)CC3)cc2)cc1)NCCOCCOCCCCCCCl. The highest BCUT2D eigenvalue weighted by Gasteiger charge is 2.20. The van der Waals surface area contributed by atoms with E-state index in [4.69, 9.17) is 158 Å². The van der Waals surface area contributed by atoms with E-state index in [1.807, 2.05) is 54.6 Å². The van der Waals surface area contributed by atoms with Crippen LogP contribution in [0.1, 0.15) is 51.4 Å². The van der Waals surface area contributed by atoms with Crippen molar-refractivity contribution in [2.45, 2.75) is 51.4 Å². The van der Waals surface area contributed by atoms with Gasteiger partial charge in [-0.15, -0.1) is 11.6 Å². The van der Waals surface area contributed by atoms with E-state index in [9.17, 15) is 14.4 Å². The summed E-state index contributed by atoms with van der Waals surface area (Å²) in [6, 6.07) is 20.9. The number of piperazine rings is 1. The molecule has 1 aliphatic rings. The zero-order valence-corrected chi connectivity index (χ0v) is 79.2. The summed E-state index contributed by atoms with van der Waals surface area (Å²) in [6.45, 7) is 30.1. The molecule has 0 spiro atoms. The Morgan fingerprint density at radius 2 is 0.554 bits per heavy atom. The van der Waals surface area contributed by atoms with Crippen molar-refractivity contribution in [2.24, 2.45) is 10.2 Å². The van der Waals surface area contributed by atoms with E-state index < -0.39 is 0 Å². The van der Waals surface area contributed by atoms with E-state index in [2.05, 4.69) is 41.3 Å². The number of unbranched alkanes of at least 4 members (excludes halogenated alkanes) is 3. The second-order valence-electron chi connectivity index (χ2n) is 28.5. The number of hydrogen-bond donors (Lipinski definition) is 4. The number of carbonyl (C=O) groups excluding carboxylic acids is 3. The van der Waals surface area contributed by atoms with Gasteiger partial charge >= 0.3 is 0 Å². The van der Waals surface area contributed by atoms with E-state index >= 15 is 0 Å². The highest BCUT2D eigenvalue weighted by Crippen LogP contribution is 2.33. The van der Waals surface area contributed by atoms with Crippen molar-refractivity contribution >= 4 is 81.0 Å². The van der Waals surface area contributed by atoms with Gasteiger partial charge in [-0.1, -0.05) is 42.1 Å². The molecule has 1 fully saturated rings. The number of halogens is 3. The molecule has 4 N–H and O–H groups in total. The predicted molar refractivity (Wildman–Crippen MR) is 494 cm³/mol. The number of rotatable bonds is 99. The number of ether oxygens (including phenoxy) is 26. The van der Waals surface area contributed by atoms with Crippen molar-refractivity contribution in [3.8, 4) is 0 Å².